The van der Waals surface area contributed by atoms with E-state index in [1.165, 1.54) is 0 Å². The van der Waals surface area contributed by atoms with Gasteiger partial charge >= 0.3 is 6.09 Å². The quantitative estimate of drug-likeness (QED) is 0.195. The van der Waals surface area contributed by atoms with Gasteiger partial charge in [-0.05, 0) is 93.2 Å². The van der Waals surface area contributed by atoms with Crippen LogP contribution in [-0.2, 0) is 25.3 Å². The van der Waals surface area contributed by atoms with Crippen LogP contribution in [0.2, 0.25) is 0 Å². The summed E-state index contributed by atoms with van der Waals surface area (Å²) in [6.07, 6.45) is 6.07. The molecule has 0 saturated heterocycles. The number of thiazole rings is 1. The van der Waals surface area contributed by atoms with Gasteiger partial charge in [0.2, 0.25) is 6.41 Å². The molecule has 2 aromatic rings. The lowest BCUT2D eigenvalue weighted by atomic mass is 9.86. The van der Waals surface area contributed by atoms with Gasteiger partial charge in [0.15, 0.2) is 0 Å². The van der Waals surface area contributed by atoms with Crippen molar-refractivity contribution in [2.45, 2.75) is 129 Å². The Balaban J connectivity index is 0.00000183. The molecule has 1 unspecified atom stereocenters. The number of carbonyl (C=O) groups is 2. The smallest absolute Gasteiger partial charge is 0.407 e. The number of ether oxygens (including phenoxy) is 2. The molecule has 9 nitrogen and oxygen atoms in total. The van der Waals surface area contributed by atoms with Gasteiger partial charge in [-0.3, -0.25) is 4.79 Å². The number of aromatic nitrogens is 1. The monoisotopic (exact) mass is 652 g/mol. The van der Waals surface area contributed by atoms with Crippen LogP contribution in [0.3, 0.4) is 0 Å². The summed E-state index contributed by atoms with van der Waals surface area (Å²) in [6.45, 7) is 25.4. The lowest BCUT2D eigenvalue weighted by Gasteiger charge is -2.29. The maximum Gasteiger partial charge on any atom is 0.407 e. The van der Waals surface area contributed by atoms with E-state index in [1.54, 1.807) is 30.6 Å². The van der Waals surface area contributed by atoms with Crippen LogP contribution in [0.4, 0.5) is 10.5 Å². The molecule has 0 spiro atoms. The van der Waals surface area contributed by atoms with E-state index in [0.29, 0.717) is 29.0 Å². The maximum atomic E-state index is 13.2. The maximum absolute atomic E-state index is 13.2. The van der Waals surface area contributed by atoms with Gasteiger partial charge in [0.05, 0.1) is 20.9 Å². The van der Waals surface area contributed by atoms with Crippen molar-refractivity contribution in [3.8, 4) is 10.4 Å². The van der Waals surface area contributed by atoms with Gasteiger partial charge in [-0.2, -0.15) is 0 Å². The average Bonchev–Trinajstić information content (AvgIpc) is 3.44. The van der Waals surface area contributed by atoms with Crippen molar-refractivity contribution in [2.75, 3.05) is 12.4 Å². The number of nitrogens with one attached hydrogen (secondary N) is 3. The molecule has 250 valence electrons. The summed E-state index contributed by atoms with van der Waals surface area (Å²) in [4.78, 5) is 29.2. The molecule has 44 heavy (non-hydrogen) atoms. The fourth-order valence-electron chi connectivity index (χ4n) is 3.93. The summed E-state index contributed by atoms with van der Waals surface area (Å²) in [5.41, 5.74) is 0.565. The van der Waals surface area contributed by atoms with Crippen LogP contribution in [0, 0.1) is 0 Å². The minimum atomic E-state index is -1.47. The molecule has 1 saturated carbocycles. The van der Waals surface area contributed by atoms with Crippen LogP contribution >= 0.6 is 11.3 Å². The first-order chi connectivity index (χ1) is 20.6. The molecule has 3 rings (SSSR count). The third-order valence-electron chi connectivity index (χ3n) is 5.86. The molecule has 1 heterocycles. The number of methoxy groups -OCH3 is 1. The molecule has 0 aliphatic heterocycles. The van der Waals surface area contributed by atoms with Crippen molar-refractivity contribution in [3.05, 3.63) is 42.6 Å². The van der Waals surface area contributed by atoms with Crippen molar-refractivity contribution >= 4 is 40.5 Å². The first-order valence-corrected chi connectivity index (χ1v) is 17.1. The Bertz CT molecular complexity index is 1150. The molecule has 1 aromatic heterocycles. The number of carbonyl (C=O) groups excluding carboxylic acids is 2. The van der Waals surface area contributed by atoms with Crippen molar-refractivity contribution in [1.29, 1.82) is 0 Å². The molecular formula is C33H56N4O5S2. The predicted octanol–water partition coefficient (Wildman–Crippen LogP) is 8.21. The third kappa shape index (κ3) is 15.9. The van der Waals surface area contributed by atoms with E-state index in [0.717, 1.165) is 41.1 Å². The van der Waals surface area contributed by atoms with Crippen LogP contribution in [0.15, 0.2) is 42.4 Å². The van der Waals surface area contributed by atoms with E-state index in [2.05, 4.69) is 28.5 Å². The zero-order chi connectivity index (χ0) is 34.1. The Labute approximate surface area is 272 Å². The zero-order valence-corrected chi connectivity index (χ0v) is 30.3. The molecule has 1 aliphatic rings. The molecule has 0 bridgehead atoms. The van der Waals surface area contributed by atoms with Gasteiger partial charge in [-0.25, -0.2) is 18.7 Å². The highest BCUT2D eigenvalue weighted by Crippen LogP contribution is 2.39. The third-order valence-corrected chi connectivity index (χ3v) is 8.59. The highest BCUT2D eigenvalue weighted by atomic mass is 32.2. The minimum Gasteiger partial charge on any atom is -0.444 e. The van der Waals surface area contributed by atoms with Crippen LogP contribution in [0.25, 0.3) is 10.4 Å². The van der Waals surface area contributed by atoms with E-state index >= 15 is 0 Å². The second-order valence-corrected chi connectivity index (χ2v) is 14.4. The fourth-order valence-corrected chi connectivity index (χ4v) is 6.40. The number of rotatable bonds is 8. The topological polar surface area (TPSA) is 119 Å². The zero-order valence-electron chi connectivity index (χ0n) is 28.7. The molecule has 0 radical (unpaired) electrons. The van der Waals surface area contributed by atoms with Gasteiger partial charge in [0.25, 0.3) is 0 Å². The fraction of sp³-hybridized carbons (Fsp3) is 0.606. The van der Waals surface area contributed by atoms with E-state index in [4.69, 9.17) is 14.5 Å². The normalized spacial score (nSPS) is 16.9. The summed E-state index contributed by atoms with van der Waals surface area (Å²) in [6, 6.07) is 5.53. The Hall–Kier alpha value is -2.60. The number of anilines is 1. The molecular weight excluding hydrogens is 597 g/mol. The first-order valence-electron chi connectivity index (χ1n) is 15.1. The number of hydrogen-bond donors (Lipinski definition) is 3. The average molecular weight is 653 g/mol. The number of alkyl carbamates (subject to hydrolysis) is 1. The van der Waals surface area contributed by atoms with Crippen molar-refractivity contribution in [3.63, 3.8) is 0 Å². The van der Waals surface area contributed by atoms with Crippen molar-refractivity contribution in [1.82, 2.24) is 15.0 Å². The Morgan fingerprint density at radius 2 is 1.66 bits per heavy atom. The lowest BCUT2D eigenvalue weighted by Crippen LogP contribution is -2.40. The van der Waals surface area contributed by atoms with Crippen molar-refractivity contribution < 1.29 is 23.3 Å². The van der Waals surface area contributed by atoms with Gasteiger partial charge in [-0.1, -0.05) is 19.9 Å². The molecule has 11 heteroatoms. The largest absolute Gasteiger partial charge is 0.444 e. The molecule has 1 aliphatic carbocycles. The second-order valence-electron chi connectivity index (χ2n) is 12.1. The summed E-state index contributed by atoms with van der Waals surface area (Å²) >= 11 is 1.61. The number of nitrogens with zero attached hydrogens (tertiary/aromatic N) is 1. The highest BCUT2D eigenvalue weighted by Gasteiger charge is 2.28. The molecule has 1 atom stereocenters. The first kappa shape index (κ1) is 41.4. The standard InChI is InChI=1S/C25H36N4O4S2.C4H10O.C2H6.C2H4/c1-24(2,3)29-35(32)21-13-18(27-15-30)11-12-19(21)20-14-26-22(34-20)16-7-9-17(10-8-16)28-23(31)33-25(4,5)6;1-4(2)5-3;2*1-2/h11-17,29H,7-10H2,1-6H3,(H,27,30)(H,28,31);4H,1-3H3;1-2H3;1-2H2. The molecule has 1 aromatic carbocycles. The molecule has 2 amide bonds. The summed E-state index contributed by atoms with van der Waals surface area (Å²) in [5.74, 6) is 0.322. The van der Waals surface area contributed by atoms with Crippen LogP contribution in [-0.4, -0.2) is 52.1 Å². The van der Waals surface area contributed by atoms with Gasteiger partial charge in [0.1, 0.15) is 16.6 Å². The summed E-state index contributed by atoms with van der Waals surface area (Å²) < 4.78 is 26.4. The summed E-state index contributed by atoms with van der Waals surface area (Å²) in [5, 5.41) is 6.67. The molecule has 1 fully saturated rings. The lowest BCUT2D eigenvalue weighted by molar-refractivity contribution is -0.105. The Morgan fingerprint density at radius 1 is 1.09 bits per heavy atom. The number of amides is 2. The molecule has 3 N–H and O–H groups in total. The minimum absolute atomic E-state index is 0.107. The van der Waals surface area contributed by atoms with Crippen LogP contribution in [0.5, 0.6) is 0 Å². The van der Waals surface area contributed by atoms with Crippen LogP contribution < -0.4 is 15.4 Å². The van der Waals surface area contributed by atoms with Gasteiger partial charge in [0, 0.05) is 42.1 Å². The Kier molecular flexibility index (Phi) is 19.2. The van der Waals surface area contributed by atoms with E-state index in [-0.39, 0.29) is 17.7 Å². The van der Waals surface area contributed by atoms with Crippen LogP contribution in [0.1, 0.15) is 106 Å². The van der Waals surface area contributed by atoms with E-state index in [9.17, 15) is 13.8 Å². The van der Waals surface area contributed by atoms with E-state index in [1.807, 2.05) is 81.5 Å². The highest BCUT2D eigenvalue weighted by molar-refractivity contribution is 7.83. The number of benzene rings is 1. The predicted molar refractivity (Wildman–Crippen MR) is 186 cm³/mol. The van der Waals surface area contributed by atoms with Crippen molar-refractivity contribution in [2.24, 2.45) is 0 Å². The SMILES string of the molecule is C=C.CC.CC(C)(C)NS(=O)c1cc(NC=O)ccc1-c1cnc(C2CCC(NC(=O)OC(C)(C)C)CC2)s1.COC(C)C. The second kappa shape index (κ2) is 20.4. The van der Waals surface area contributed by atoms with E-state index < -0.39 is 16.6 Å². The Morgan fingerprint density at radius 3 is 2.14 bits per heavy atom. The van der Waals surface area contributed by atoms with Gasteiger partial charge in [-0.15, -0.1) is 24.5 Å². The summed E-state index contributed by atoms with van der Waals surface area (Å²) in [7, 11) is 0.228. The van der Waals surface area contributed by atoms with Gasteiger partial charge < -0.3 is 20.1 Å². The number of hydrogen-bond acceptors (Lipinski definition) is 7.